The van der Waals surface area contributed by atoms with Gasteiger partial charge in [-0.15, -0.1) is 0 Å². The van der Waals surface area contributed by atoms with Crippen LogP contribution in [0.1, 0.15) is 31.2 Å². The van der Waals surface area contributed by atoms with Crippen LogP contribution in [0.5, 0.6) is 17.2 Å². The van der Waals surface area contributed by atoms with E-state index in [1.165, 1.54) is 31.3 Å². The zero-order valence-electron chi connectivity index (χ0n) is 23.5. The molecule has 42 heavy (non-hydrogen) atoms. The van der Waals surface area contributed by atoms with E-state index in [1.807, 2.05) is 6.08 Å². The molecule has 0 radical (unpaired) electrons. The Labute approximate surface area is 241 Å². The number of para-hydroxylation sites is 1. The van der Waals surface area contributed by atoms with E-state index in [4.69, 9.17) is 14.2 Å². The molecule has 2 aromatic carbocycles. The first-order chi connectivity index (χ1) is 20.1. The van der Waals surface area contributed by atoms with E-state index < -0.39 is 64.7 Å². The highest BCUT2D eigenvalue weighted by atomic mass is 16.5. The first kappa shape index (κ1) is 27.5. The van der Waals surface area contributed by atoms with Gasteiger partial charge < -0.3 is 19.3 Å². The number of rotatable bonds is 4. The molecule has 0 spiro atoms. The van der Waals surface area contributed by atoms with Crippen molar-refractivity contribution in [3.63, 3.8) is 0 Å². The van der Waals surface area contributed by atoms with E-state index in [0.717, 1.165) is 7.11 Å². The average Bonchev–Trinajstić information content (AvgIpc) is 3.36. The maximum atomic E-state index is 14.5. The monoisotopic (exact) mass is 574 g/mol. The van der Waals surface area contributed by atoms with Gasteiger partial charge in [-0.2, -0.15) is 4.90 Å². The van der Waals surface area contributed by atoms with Crippen molar-refractivity contribution in [2.24, 2.45) is 29.1 Å². The van der Waals surface area contributed by atoms with E-state index >= 15 is 0 Å². The third-order valence-corrected chi connectivity index (χ3v) is 9.46. The van der Waals surface area contributed by atoms with Gasteiger partial charge >= 0.3 is 6.09 Å². The molecule has 3 fully saturated rings. The van der Waals surface area contributed by atoms with Crippen LogP contribution < -0.4 is 14.4 Å². The fourth-order valence-electron chi connectivity index (χ4n) is 7.63. The summed E-state index contributed by atoms with van der Waals surface area (Å²) >= 11 is 0. The summed E-state index contributed by atoms with van der Waals surface area (Å²) in [5.74, 6) is -5.89. The maximum absolute atomic E-state index is 14.5. The number of phenolic OH excluding ortho intramolecular Hbond substituents is 1. The fourth-order valence-corrected chi connectivity index (χ4v) is 7.63. The van der Waals surface area contributed by atoms with Gasteiger partial charge in [-0.05, 0) is 37.8 Å². The molecule has 6 rings (SSSR count). The molecule has 0 bridgehead atoms. The van der Waals surface area contributed by atoms with Gasteiger partial charge in [0.05, 0.1) is 50.2 Å². The summed E-state index contributed by atoms with van der Waals surface area (Å²) in [6, 6.07) is 11.4. The molecular weight excluding hydrogens is 544 g/mol. The normalized spacial score (nSPS) is 30.0. The number of phenols is 1. The number of nitrogens with zero attached hydrogens (tertiary/aromatic N) is 2. The Kier molecular flexibility index (Phi) is 6.36. The molecule has 6 atom stereocenters. The molecule has 4 aliphatic rings. The number of amides is 5. The Balaban J connectivity index is 1.58. The molecule has 2 aliphatic carbocycles. The van der Waals surface area contributed by atoms with Crippen LogP contribution in [0.25, 0.3) is 0 Å². The number of hydrogen-bond donors (Lipinski definition) is 1. The number of carbonyl (C=O) groups is 5. The summed E-state index contributed by atoms with van der Waals surface area (Å²) < 4.78 is 16.1. The lowest BCUT2D eigenvalue weighted by Gasteiger charge is -2.49. The fraction of sp³-hybridized carbons (Fsp3) is 0.387. The molecule has 2 saturated heterocycles. The number of allylic oxidation sites excluding steroid dienone is 2. The van der Waals surface area contributed by atoms with Crippen molar-refractivity contribution in [3.8, 4) is 17.2 Å². The summed E-state index contributed by atoms with van der Waals surface area (Å²) in [4.78, 5) is 69.7. The molecule has 0 aromatic heterocycles. The Morgan fingerprint density at radius 3 is 2.17 bits per heavy atom. The largest absolute Gasteiger partial charge is 0.508 e. The van der Waals surface area contributed by atoms with Crippen LogP contribution >= 0.6 is 0 Å². The molecule has 0 unspecified atom stereocenters. The number of fused-ring (bicyclic) bond motifs is 4. The Hall–Kier alpha value is -4.67. The highest BCUT2D eigenvalue weighted by Gasteiger charge is 2.68. The highest BCUT2D eigenvalue weighted by molar-refractivity contribution is 6.24. The number of methoxy groups -OCH3 is 3. The number of anilines is 1. The van der Waals surface area contributed by atoms with Crippen LogP contribution in [-0.4, -0.2) is 61.1 Å². The molecule has 1 N–H and O–H groups in total. The Morgan fingerprint density at radius 2 is 1.57 bits per heavy atom. The number of hydrogen-bond acceptors (Lipinski definition) is 9. The zero-order chi connectivity index (χ0) is 30.1. The molecule has 218 valence electrons. The first-order valence-electron chi connectivity index (χ1n) is 13.6. The number of likely N-dealkylation sites (tertiary alicyclic amines) is 1. The predicted octanol–water partition coefficient (Wildman–Crippen LogP) is 3.41. The van der Waals surface area contributed by atoms with Crippen LogP contribution in [0, 0.1) is 29.1 Å². The SMILES string of the molecule is COC(=O)N1C(=O)[C@H]2[C@H](CC=C3[C@H]2C[C@H]2C(=O)N(c4ccccc4)C(=O)[C@@]2(C)[C@H]3c2c(OC)cc(O)cc2OC)C1=O. The molecule has 11 heteroatoms. The van der Waals surface area contributed by atoms with Gasteiger partial charge in [-0.3, -0.25) is 19.2 Å². The zero-order valence-corrected chi connectivity index (χ0v) is 23.5. The van der Waals surface area contributed by atoms with Crippen LogP contribution in [0.4, 0.5) is 10.5 Å². The number of aromatic hydroxyl groups is 1. The molecule has 11 nitrogen and oxygen atoms in total. The smallest absolute Gasteiger partial charge is 0.423 e. The first-order valence-corrected chi connectivity index (χ1v) is 13.6. The molecule has 2 aromatic rings. The van der Waals surface area contributed by atoms with Crippen LogP contribution in [0.2, 0.25) is 0 Å². The standard InChI is InChI=1S/C31H30N2O9/c1-31-20(27(36)32(29(31)38)15-8-6-5-7-9-15)14-19-17(25(31)24-21(40-2)12-16(34)13-22(24)41-3)10-11-18-23(19)28(37)33(26(18)35)30(39)42-4/h5-10,12-13,18-20,23,25,34H,11,14H2,1-4H3/t18-,19+,20-,23-,25+,31+/m0/s1. The van der Waals surface area contributed by atoms with Crippen molar-refractivity contribution in [1.82, 2.24) is 4.90 Å². The van der Waals surface area contributed by atoms with Gasteiger partial charge in [0.2, 0.25) is 23.6 Å². The molecular formula is C31H30N2O9. The predicted molar refractivity (Wildman–Crippen MR) is 147 cm³/mol. The molecule has 2 aliphatic heterocycles. The summed E-state index contributed by atoms with van der Waals surface area (Å²) in [5.41, 5.74) is 0.205. The lowest BCUT2D eigenvalue weighted by atomic mass is 9.51. The highest BCUT2D eigenvalue weighted by Crippen LogP contribution is 2.65. The van der Waals surface area contributed by atoms with E-state index in [2.05, 4.69) is 0 Å². The second-order valence-corrected chi connectivity index (χ2v) is 11.2. The number of imide groups is 4. The van der Waals surface area contributed by atoms with Crippen LogP contribution in [0.15, 0.2) is 54.1 Å². The van der Waals surface area contributed by atoms with Crippen LogP contribution in [-0.2, 0) is 23.9 Å². The number of carbonyl (C=O) groups excluding carboxylic acids is 5. The summed E-state index contributed by atoms with van der Waals surface area (Å²) in [6.45, 7) is 1.74. The van der Waals surface area contributed by atoms with Crippen molar-refractivity contribution in [2.45, 2.75) is 25.7 Å². The topological polar surface area (TPSA) is 140 Å². The minimum atomic E-state index is -1.34. The van der Waals surface area contributed by atoms with Gasteiger partial charge in [-0.1, -0.05) is 29.8 Å². The molecule has 1 saturated carbocycles. The second kappa shape index (κ2) is 9.71. The van der Waals surface area contributed by atoms with Crippen molar-refractivity contribution < 1.29 is 43.3 Å². The van der Waals surface area contributed by atoms with Crippen molar-refractivity contribution >= 4 is 35.4 Å². The quantitative estimate of drug-likeness (QED) is 0.430. The summed E-state index contributed by atoms with van der Waals surface area (Å²) in [5, 5.41) is 10.4. The molecule has 5 amide bonds. The van der Waals surface area contributed by atoms with Gasteiger partial charge in [-0.25, -0.2) is 9.69 Å². The number of benzene rings is 2. The van der Waals surface area contributed by atoms with Crippen LogP contribution in [0.3, 0.4) is 0 Å². The Morgan fingerprint density at radius 1 is 0.929 bits per heavy atom. The molecule has 2 heterocycles. The lowest BCUT2D eigenvalue weighted by Crippen LogP contribution is -2.49. The summed E-state index contributed by atoms with van der Waals surface area (Å²) in [6.07, 6.45) is 1.06. The van der Waals surface area contributed by atoms with Gasteiger partial charge in [0, 0.05) is 23.6 Å². The lowest BCUT2D eigenvalue weighted by molar-refractivity contribution is -0.138. The minimum absolute atomic E-state index is 0.116. The van der Waals surface area contributed by atoms with Gasteiger partial charge in [0.1, 0.15) is 17.2 Å². The van der Waals surface area contributed by atoms with E-state index in [9.17, 15) is 29.1 Å². The third-order valence-electron chi connectivity index (χ3n) is 9.46. The summed E-state index contributed by atoms with van der Waals surface area (Å²) in [7, 11) is 3.95. The van der Waals surface area contributed by atoms with E-state index in [-0.39, 0.29) is 30.1 Å². The minimum Gasteiger partial charge on any atom is -0.508 e. The average molecular weight is 575 g/mol. The van der Waals surface area contributed by atoms with Gasteiger partial charge in [0.25, 0.3) is 0 Å². The Bertz CT molecular complexity index is 1540. The third kappa shape index (κ3) is 3.55. The van der Waals surface area contributed by atoms with E-state index in [1.54, 1.807) is 37.3 Å². The second-order valence-electron chi connectivity index (χ2n) is 11.2. The van der Waals surface area contributed by atoms with Crippen molar-refractivity contribution in [3.05, 3.63) is 59.7 Å². The van der Waals surface area contributed by atoms with Crippen molar-refractivity contribution in [1.29, 1.82) is 0 Å². The van der Waals surface area contributed by atoms with E-state index in [0.29, 0.717) is 21.7 Å². The number of ether oxygens (including phenoxy) is 3. The van der Waals surface area contributed by atoms with Crippen molar-refractivity contribution in [2.75, 3.05) is 26.2 Å². The maximum Gasteiger partial charge on any atom is 0.423 e. The van der Waals surface area contributed by atoms with Gasteiger partial charge in [0.15, 0.2) is 0 Å².